The monoisotopic (exact) mass is 216 g/mol. The molecule has 0 aliphatic carbocycles. The third-order valence-electron chi connectivity index (χ3n) is 2.72. The summed E-state index contributed by atoms with van der Waals surface area (Å²) in [6, 6.07) is 0.595. The molecule has 0 saturated carbocycles. The molecule has 1 aliphatic heterocycles. The quantitative estimate of drug-likeness (QED) is 0.707. The number of nitrogens with zero attached hydrogens (tertiary/aromatic N) is 2. The van der Waals surface area contributed by atoms with Gasteiger partial charge in [-0.05, 0) is 19.6 Å². The zero-order chi connectivity index (χ0) is 10.6. The van der Waals surface area contributed by atoms with Gasteiger partial charge in [-0.2, -0.15) is 12.6 Å². The average Bonchev–Trinajstić information content (AvgIpc) is 2.18. The summed E-state index contributed by atoms with van der Waals surface area (Å²) in [5.41, 5.74) is 0. The fourth-order valence-electron chi connectivity index (χ4n) is 1.74. The number of carbonyl (C=O) groups is 1. The molecule has 0 aromatic heterocycles. The van der Waals surface area contributed by atoms with Crippen LogP contribution in [0.25, 0.3) is 0 Å². The van der Waals surface area contributed by atoms with Gasteiger partial charge in [0, 0.05) is 38.6 Å². The molecule has 0 aromatic carbocycles. The average molecular weight is 216 g/mol. The lowest BCUT2D eigenvalue weighted by Crippen LogP contribution is -2.50. The van der Waals surface area contributed by atoms with E-state index in [4.69, 9.17) is 0 Å². The summed E-state index contributed by atoms with van der Waals surface area (Å²) in [4.78, 5) is 15.9. The summed E-state index contributed by atoms with van der Waals surface area (Å²) in [6.45, 7) is 8.18. The van der Waals surface area contributed by atoms with Crippen LogP contribution in [-0.4, -0.2) is 53.7 Å². The molecule has 3 nitrogen and oxygen atoms in total. The molecule has 0 radical (unpaired) electrons. The Morgan fingerprint density at radius 2 is 1.86 bits per heavy atom. The van der Waals surface area contributed by atoms with Gasteiger partial charge in [0.25, 0.3) is 0 Å². The largest absolute Gasteiger partial charge is 0.340 e. The second-order valence-corrected chi connectivity index (χ2v) is 4.43. The lowest BCUT2D eigenvalue weighted by molar-refractivity contribution is -0.132. The predicted molar refractivity (Wildman–Crippen MR) is 61.8 cm³/mol. The second-order valence-electron chi connectivity index (χ2n) is 3.98. The van der Waals surface area contributed by atoms with Crippen LogP contribution in [0.1, 0.15) is 20.3 Å². The van der Waals surface area contributed by atoms with Crippen LogP contribution < -0.4 is 0 Å². The molecule has 0 bridgehead atoms. The minimum atomic E-state index is 0.253. The van der Waals surface area contributed by atoms with Gasteiger partial charge in [0.15, 0.2) is 0 Å². The highest BCUT2D eigenvalue weighted by Crippen LogP contribution is 2.07. The Hall–Kier alpha value is -0.220. The summed E-state index contributed by atoms with van der Waals surface area (Å²) >= 11 is 4.07. The van der Waals surface area contributed by atoms with E-state index in [0.717, 1.165) is 26.2 Å². The van der Waals surface area contributed by atoms with Gasteiger partial charge < -0.3 is 4.90 Å². The van der Waals surface area contributed by atoms with Gasteiger partial charge in [-0.3, -0.25) is 9.69 Å². The van der Waals surface area contributed by atoms with Crippen molar-refractivity contribution in [1.29, 1.82) is 0 Å². The first kappa shape index (κ1) is 11.9. The van der Waals surface area contributed by atoms with E-state index in [2.05, 4.69) is 31.4 Å². The number of piperazine rings is 1. The number of amides is 1. The molecule has 0 atom stereocenters. The van der Waals surface area contributed by atoms with Crippen molar-refractivity contribution in [2.75, 3.05) is 31.9 Å². The number of rotatable bonds is 3. The van der Waals surface area contributed by atoms with E-state index in [1.54, 1.807) is 0 Å². The zero-order valence-corrected chi connectivity index (χ0v) is 9.96. The van der Waals surface area contributed by atoms with Gasteiger partial charge >= 0.3 is 0 Å². The molecule has 1 fully saturated rings. The van der Waals surface area contributed by atoms with Crippen molar-refractivity contribution in [2.45, 2.75) is 26.3 Å². The molecule has 82 valence electrons. The summed E-state index contributed by atoms with van der Waals surface area (Å²) in [6.07, 6.45) is 0.574. The predicted octanol–water partition coefficient (Wildman–Crippen LogP) is 0.859. The van der Waals surface area contributed by atoms with E-state index in [1.807, 2.05) is 4.90 Å². The zero-order valence-electron chi connectivity index (χ0n) is 9.07. The normalized spacial score (nSPS) is 19.0. The first-order valence-corrected chi connectivity index (χ1v) is 5.91. The summed E-state index contributed by atoms with van der Waals surface area (Å²) < 4.78 is 0. The minimum Gasteiger partial charge on any atom is -0.340 e. The van der Waals surface area contributed by atoms with Gasteiger partial charge in [-0.1, -0.05) is 0 Å². The van der Waals surface area contributed by atoms with Crippen LogP contribution in [0.3, 0.4) is 0 Å². The summed E-state index contributed by atoms with van der Waals surface area (Å²) in [5.74, 6) is 0.909. The van der Waals surface area contributed by atoms with Gasteiger partial charge in [0.1, 0.15) is 0 Å². The number of thiol groups is 1. The van der Waals surface area contributed by atoms with Gasteiger partial charge in [-0.25, -0.2) is 0 Å². The topological polar surface area (TPSA) is 23.6 Å². The maximum absolute atomic E-state index is 11.5. The van der Waals surface area contributed by atoms with Crippen molar-refractivity contribution in [3.8, 4) is 0 Å². The smallest absolute Gasteiger partial charge is 0.223 e. The fraction of sp³-hybridized carbons (Fsp3) is 0.900. The van der Waals surface area contributed by atoms with E-state index in [1.165, 1.54) is 0 Å². The Labute approximate surface area is 91.9 Å². The van der Waals surface area contributed by atoms with E-state index in [9.17, 15) is 4.79 Å². The third-order valence-corrected chi connectivity index (χ3v) is 2.95. The molecule has 0 spiro atoms. The first-order valence-electron chi connectivity index (χ1n) is 5.28. The molecule has 0 unspecified atom stereocenters. The molecule has 1 heterocycles. The van der Waals surface area contributed by atoms with Crippen LogP contribution in [0, 0.1) is 0 Å². The highest BCUT2D eigenvalue weighted by molar-refractivity contribution is 7.80. The van der Waals surface area contributed by atoms with Crippen molar-refractivity contribution < 1.29 is 4.79 Å². The van der Waals surface area contributed by atoms with Crippen LogP contribution in [0.5, 0.6) is 0 Å². The molecule has 1 saturated heterocycles. The van der Waals surface area contributed by atoms with Crippen LogP contribution in [0.4, 0.5) is 0 Å². The highest BCUT2D eigenvalue weighted by Gasteiger charge is 2.21. The lowest BCUT2D eigenvalue weighted by Gasteiger charge is -2.36. The standard InChI is InChI=1S/C10H20N2OS/c1-9(2)11-4-6-12(7-5-11)10(13)3-8-14/h9,14H,3-8H2,1-2H3. The molecule has 4 heteroatoms. The van der Waals surface area contributed by atoms with Crippen molar-refractivity contribution in [3.63, 3.8) is 0 Å². The van der Waals surface area contributed by atoms with Gasteiger partial charge in [-0.15, -0.1) is 0 Å². The Morgan fingerprint density at radius 1 is 1.29 bits per heavy atom. The molecular weight excluding hydrogens is 196 g/mol. The first-order chi connectivity index (χ1) is 6.65. The number of carbonyl (C=O) groups excluding carboxylic acids is 1. The van der Waals surface area contributed by atoms with Crippen molar-refractivity contribution in [3.05, 3.63) is 0 Å². The number of hydrogen-bond acceptors (Lipinski definition) is 3. The lowest BCUT2D eigenvalue weighted by atomic mass is 10.2. The minimum absolute atomic E-state index is 0.253. The van der Waals surface area contributed by atoms with Crippen molar-refractivity contribution in [1.82, 2.24) is 9.80 Å². The molecule has 0 aromatic rings. The summed E-state index contributed by atoms with van der Waals surface area (Å²) in [5, 5.41) is 0. The number of hydrogen-bond donors (Lipinski definition) is 1. The Kier molecular flexibility index (Phi) is 4.75. The molecule has 1 rings (SSSR count). The van der Waals surface area contributed by atoms with Gasteiger partial charge in [0.05, 0.1) is 0 Å². The van der Waals surface area contributed by atoms with Gasteiger partial charge in [0.2, 0.25) is 5.91 Å². The Bertz CT molecular complexity index is 189. The fourth-order valence-corrected chi connectivity index (χ4v) is 1.93. The van der Waals surface area contributed by atoms with Crippen LogP contribution in [-0.2, 0) is 4.79 Å². The van der Waals surface area contributed by atoms with Crippen LogP contribution >= 0.6 is 12.6 Å². The highest BCUT2D eigenvalue weighted by atomic mass is 32.1. The molecular formula is C10H20N2OS. The summed E-state index contributed by atoms with van der Waals surface area (Å²) in [7, 11) is 0. The van der Waals surface area contributed by atoms with Crippen LogP contribution in [0.2, 0.25) is 0 Å². The molecule has 0 N–H and O–H groups in total. The second kappa shape index (κ2) is 5.61. The van der Waals surface area contributed by atoms with Crippen molar-refractivity contribution >= 4 is 18.5 Å². The molecule has 14 heavy (non-hydrogen) atoms. The maximum Gasteiger partial charge on any atom is 0.223 e. The third kappa shape index (κ3) is 3.17. The van der Waals surface area contributed by atoms with E-state index in [-0.39, 0.29) is 5.91 Å². The van der Waals surface area contributed by atoms with Crippen molar-refractivity contribution in [2.24, 2.45) is 0 Å². The molecule has 1 amide bonds. The maximum atomic E-state index is 11.5. The SMILES string of the molecule is CC(C)N1CCN(C(=O)CCS)CC1. The van der Waals surface area contributed by atoms with E-state index < -0.39 is 0 Å². The van der Waals surface area contributed by atoms with Crippen LogP contribution in [0.15, 0.2) is 0 Å². The Morgan fingerprint density at radius 3 is 2.29 bits per heavy atom. The van der Waals surface area contributed by atoms with E-state index in [0.29, 0.717) is 18.2 Å². The molecule has 1 aliphatic rings. The Balaban J connectivity index is 2.31. The van der Waals surface area contributed by atoms with E-state index >= 15 is 0 Å².